The van der Waals surface area contributed by atoms with E-state index in [2.05, 4.69) is 0 Å². The number of carbonyl (C=O) groups is 1. The van der Waals surface area contributed by atoms with Crippen LogP contribution in [0.4, 0.5) is 4.39 Å². The van der Waals surface area contributed by atoms with Crippen molar-refractivity contribution < 1.29 is 9.18 Å². The Labute approximate surface area is 97.6 Å². The van der Waals surface area contributed by atoms with Crippen LogP contribution in [-0.2, 0) is 0 Å². The predicted octanol–water partition coefficient (Wildman–Crippen LogP) is 3.74. The highest BCUT2D eigenvalue weighted by Gasteiger charge is 2.12. The predicted molar refractivity (Wildman–Crippen MR) is 63.6 cm³/mol. The number of hydrogen-bond acceptors (Lipinski definition) is 2. The number of rotatable bonds is 2. The Morgan fingerprint density at radius 3 is 2.50 bits per heavy atom. The van der Waals surface area contributed by atoms with E-state index in [1.165, 1.54) is 23.5 Å². The van der Waals surface area contributed by atoms with Crippen LogP contribution in [0.15, 0.2) is 30.3 Å². The molecule has 0 amide bonds. The van der Waals surface area contributed by atoms with Crippen molar-refractivity contribution in [3.05, 3.63) is 57.0 Å². The summed E-state index contributed by atoms with van der Waals surface area (Å²) in [4.78, 5) is 13.8. The second-order valence-corrected chi connectivity index (χ2v) is 4.99. The molecule has 3 heteroatoms. The Bertz CT molecular complexity index is 543. The first kappa shape index (κ1) is 11.0. The zero-order chi connectivity index (χ0) is 11.7. The fraction of sp³-hybridized carbons (Fsp3) is 0.154. The van der Waals surface area contributed by atoms with Gasteiger partial charge >= 0.3 is 0 Å². The first-order valence-corrected chi connectivity index (χ1v) is 5.77. The van der Waals surface area contributed by atoms with Crippen LogP contribution in [0.2, 0.25) is 0 Å². The van der Waals surface area contributed by atoms with Crippen LogP contribution in [0.1, 0.15) is 25.7 Å². The number of thiophene rings is 1. The summed E-state index contributed by atoms with van der Waals surface area (Å²) in [5.74, 6) is -0.319. The molecule has 0 bridgehead atoms. The lowest BCUT2D eigenvalue weighted by atomic mass is 10.1. The van der Waals surface area contributed by atoms with Crippen molar-refractivity contribution in [3.63, 3.8) is 0 Å². The molecule has 0 radical (unpaired) electrons. The first-order valence-electron chi connectivity index (χ1n) is 4.95. The van der Waals surface area contributed by atoms with E-state index in [1.54, 1.807) is 19.1 Å². The topological polar surface area (TPSA) is 17.1 Å². The molecule has 0 saturated carbocycles. The molecular formula is C13H11FOS. The molecule has 1 aromatic carbocycles. The maximum atomic E-state index is 13.1. The second-order valence-electron chi connectivity index (χ2n) is 3.70. The fourth-order valence-corrected chi connectivity index (χ4v) is 2.31. The number of ketones is 1. The first-order chi connectivity index (χ1) is 7.58. The summed E-state index contributed by atoms with van der Waals surface area (Å²) in [6, 6.07) is 8.17. The van der Waals surface area contributed by atoms with Crippen molar-refractivity contribution in [1.29, 1.82) is 0 Å². The van der Waals surface area contributed by atoms with Crippen LogP contribution in [0, 0.1) is 19.7 Å². The molecule has 1 heterocycles. The van der Waals surface area contributed by atoms with Crippen molar-refractivity contribution >= 4 is 17.1 Å². The number of halogens is 1. The van der Waals surface area contributed by atoms with Gasteiger partial charge in [-0.1, -0.05) is 0 Å². The molecule has 0 spiro atoms. The highest BCUT2D eigenvalue weighted by Crippen LogP contribution is 2.20. The second kappa shape index (κ2) is 4.18. The summed E-state index contributed by atoms with van der Waals surface area (Å²) in [5.41, 5.74) is 1.04. The molecule has 0 atom stereocenters. The Balaban J connectivity index is 2.38. The Kier molecular flexibility index (Phi) is 2.88. The van der Waals surface area contributed by atoms with Gasteiger partial charge in [0.15, 0.2) is 0 Å². The normalized spacial score (nSPS) is 10.4. The molecule has 0 saturated heterocycles. The summed E-state index contributed by atoms with van der Waals surface area (Å²) < 4.78 is 13.1. The van der Waals surface area contributed by atoms with Gasteiger partial charge in [-0.2, -0.15) is 0 Å². The van der Waals surface area contributed by atoms with Crippen LogP contribution < -0.4 is 0 Å². The number of aryl methyl sites for hydroxylation is 2. The Hall–Kier alpha value is -1.48. The lowest BCUT2D eigenvalue weighted by molar-refractivity contribution is 0.104. The lowest BCUT2D eigenvalue weighted by Gasteiger charge is -2.00. The van der Waals surface area contributed by atoms with Crippen LogP contribution in [0.3, 0.4) is 0 Å². The molecule has 0 aliphatic heterocycles. The van der Waals surface area contributed by atoms with E-state index in [0.717, 1.165) is 4.88 Å². The average Bonchev–Trinajstić information content (AvgIpc) is 2.68. The lowest BCUT2D eigenvalue weighted by Crippen LogP contribution is -1.99. The van der Waals surface area contributed by atoms with Gasteiger partial charge in [-0.05, 0) is 49.7 Å². The molecule has 1 aromatic heterocycles. The van der Waals surface area contributed by atoms with E-state index in [-0.39, 0.29) is 11.6 Å². The van der Waals surface area contributed by atoms with Gasteiger partial charge in [-0.3, -0.25) is 4.79 Å². The van der Waals surface area contributed by atoms with E-state index in [1.807, 2.05) is 13.0 Å². The third kappa shape index (κ3) is 2.04. The minimum Gasteiger partial charge on any atom is -0.288 e. The van der Waals surface area contributed by atoms with Crippen molar-refractivity contribution in [2.75, 3.05) is 0 Å². The van der Waals surface area contributed by atoms with Gasteiger partial charge in [0.2, 0.25) is 5.78 Å². The van der Waals surface area contributed by atoms with E-state index >= 15 is 0 Å². The maximum Gasteiger partial charge on any atom is 0.202 e. The third-order valence-corrected chi connectivity index (χ3v) is 3.38. The Morgan fingerprint density at radius 2 is 1.94 bits per heavy atom. The molecule has 0 N–H and O–H groups in total. The number of benzene rings is 1. The molecular weight excluding hydrogens is 223 g/mol. The number of hydrogen-bond donors (Lipinski definition) is 0. The summed E-state index contributed by atoms with van der Waals surface area (Å²) in [5, 5.41) is 0. The summed E-state index contributed by atoms with van der Waals surface area (Å²) in [6.45, 7) is 3.61. The maximum absolute atomic E-state index is 13.1. The van der Waals surface area contributed by atoms with Crippen LogP contribution in [-0.4, -0.2) is 5.78 Å². The molecule has 2 rings (SSSR count). The van der Waals surface area contributed by atoms with Crippen LogP contribution in [0.25, 0.3) is 0 Å². The van der Waals surface area contributed by atoms with E-state index < -0.39 is 0 Å². The summed E-state index contributed by atoms with van der Waals surface area (Å²) in [6.07, 6.45) is 0. The summed E-state index contributed by atoms with van der Waals surface area (Å²) in [7, 11) is 0. The SMILES string of the molecule is Cc1ccc(C(=O)c2ccc(F)c(C)c2)s1. The standard InChI is InChI=1S/C13H11FOS/c1-8-7-10(4-5-11(8)14)13(15)12-6-3-9(2)16-12/h3-7H,1-2H3. The smallest absolute Gasteiger partial charge is 0.202 e. The molecule has 1 nitrogen and oxygen atoms in total. The summed E-state index contributed by atoms with van der Waals surface area (Å²) >= 11 is 1.46. The van der Waals surface area contributed by atoms with Gasteiger partial charge < -0.3 is 0 Å². The highest BCUT2D eigenvalue weighted by atomic mass is 32.1. The Morgan fingerprint density at radius 1 is 1.19 bits per heavy atom. The van der Waals surface area contributed by atoms with Crippen molar-refractivity contribution in [1.82, 2.24) is 0 Å². The molecule has 0 aliphatic carbocycles. The quantitative estimate of drug-likeness (QED) is 0.723. The average molecular weight is 234 g/mol. The highest BCUT2D eigenvalue weighted by molar-refractivity contribution is 7.14. The van der Waals surface area contributed by atoms with E-state index in [4.69, 9.17) is 0 Å². The van der Waals surface area contributed by atoms with Crippen molar-refractivity contribution in [3.8, 4) is 0 Å². The van der Waals surface area contributed by atoms with Crippen molar-refractivity contribution in [2.45, 2.75) is 13.8 Å². The molecule has 0 fully saturated rings. The molecule has 2 aromatic rings. The van der Waals surface area contributed by atoms with Gasteiger partial charge in [-0.25, -0.2) is 4.39 Å². The van der Waals surface area contributed by atoms with Crippen molar-refractivity contribution in [2.24, 2.45) is 0 Å². The molecule has 0 aliphatic rings. The minimum atomic E-state index is -0.279. The largest absolute Gasteiger partial charge is 0.288 e. The van der Waals surface area contributed by atoms with Gasteiger partial charge in [0.1, 0.15) is 5.82 Å². The van der Waals surface area contributed by atoms with Gasteiger partial charge in [-0.15, -0.1) is 11.3 Å². The third-order valence-electron chi connectivity index (χ3n) is 2.38. The van der Waals surface area contributed by atoms with E-state index in [9.17, 15) is 9.18 Å². The van der Waals surface area contributed by atoms with Gasteiger partial charge in [0.05, 0.1) is 4.88 Å². The monoisotopic (exact) mass is 234 g/mol. The zero-order valence-corrected chi connectivity index (χ0v) is 9.90. The van der Waals surface area contributed by atoms with Gasteiger partial charge in [0.25, 0.3) is 0 Å². The van der Waals surface area contributed by atoms with Gasteiger partial charge in [0, 0.05) is 10.4 Å². The van der Waals surface area contributed by atoms with Crippen LogP contribution >= 0.6 is 11.3 Å². The molecule has 16 heavy (non-hydrogen) atoms. The van der Waals surface area contributed by atoms with E-state index in [0.29, 0.717) is 16.0 Å². The fourth-order valence-electron chi connectivity index (χ4n) is 1.48. The molecule has 82 valence electrons. The molecule has 0 unspecified atom stereocenters. The van der Waals surface area contributed by atoms with Crippen LogP contribution in [0.5, 0.6) is 0 Å². The number of carbonyl (C=O) groups excluding carboxylic acids is 1. The zero-order valence-electron chi connectivity index (χ0n) is 9.08. The minimum absolute atomic E-state index is 0.0406.